The van der Waals surface area contributed by atoms with E-state index in [9.17, 15) is 14.4 Å². The van der Waals surface area contributed by atoms with Gasteiger partial charge in [-0.2, -0.15) is 0 Å². The van der Waals surface area contributed by atoms with Crippen LogP contribution in [0.3, 0.4) is 0 Å². The molecule has 0 saturated carbocycles. The van der Waals surface area contributed by atoms with Crippen LogP contribution in [0.2, 0.25) is 5.02 Å². The van der Waals surface area contributed by atoms with Gasteiger partial charge in [-0.15, -0.1) is 0 Å². The maximum Gasteiger partial charge on any atom is 0.407 e. The highest BCUT2D eigenvalue weighted by molar-refractivity contribution is 6.30. The molecule has 0 saturated heterocycles. The lowest BCUT2D eigenvalue weighted by atomic mass is 10.1. The van der Waals surface area contributed by atoms with Gasteiger partial charge < -0.3 is 24.8 Å². The topological polar surface area (TPSA) is 106 Å². The molecule has 9 nitrogen and oxygen atoms in total. The number of urea groups is 1. The smallest absolute Gasteiger partial charge is 0.407 e. The predicted molar refractivity (Wildman–Crippen MR) is 185 cm³/mol. The normalized spacial score (nSPS) is 10.9. The first-order valence-corrected chi connectivity index (χ1v) is 15.8. The van der Waals surface area contributed by atoms with Crippen molar-refractivity contribution in [1.29, 1.82) is 0 Å². The molecular formula is C37H40ClN3O6. The molecule has 0 aliphatic carbocycles. The molecule has 0 spiro atoms. The van der Waals surface area contributed by atoms with Gasteiger partial charge in [-0.3, -0.25) is 9.69 Å². The van der Waals surface area contributed by atoms with Crippen molar-refractivity contribution in [2.24, 2.45) is 0 Å². The van der Waals surface area contributed by atoms with E-state index in [1.807, 2.05) is 60.7 Å². The zero-order chi connectivity index (χ0) is 33.8. The van der Waals surface area contributed by atoms with Crippen molar-refractivity contribution in [3.8, 4) is 22.6 Å². The van der Waals surface area contributed by atoms with E-state index in [0.29, 0.717) is 34.3 Å². The van der Waals surface area contributed by atoms with Crippen molar-refractivity contribution in [3.05, 3.63) is 108 Å². The van der Waals surface area contributed by atoms with Gasteiger partial charge in [-0.1, -0.05) is 66.2 Å². The number of nitrogens with zero attached hydrogens (tertiary/aromatic N) is 1. The molecular weight excluding hydrogens is 618 g/mol. The molecule has 0 heterocycles. The Kier molecular flexibility index (Phi) is 12.2. The Bertz CT molecular complexity index is 1660. The summed E-state index contributed by atoms with van der Waals surface area (Å²) in [6.45, 7) is 7.84. The second-order valence-corrected chi connectivity index (χ2v) is 12.1. The van der Waals surface area contributed by atoms with Gasteiger partial charge in [-0.05, 0) is 87.2 Å². The molecule has 10 heteroatoms. The molecule has 3 amide bonds. The Labute approximate surface area is 280 Å². The van der Waals surface area contributed by atoms with Crippen molar-refractivity contribution in [2.45, 2.75) is 52.7 Å². The summed E-state index contributed by atoms with van der Waals surface area (Å²) in [5.74, 6) is 0.467. The maximum absolute atomic E-state index is 13.8. The van der Waals surface area contributed by atoms with E-state index in [0.717, 1.165) is 16.7 Å². The Morgan fingerprint density at radius 1 is 0.851 bits per heavy atom. The summed E-state index contributed by atoms with van der Waals surface area (Å²) >= 11 is 6.39. The average molecular weight is 658 g/mol. The van der Waals surface area contributed by atoms with Gasteiger partial charge >= 0.3 is 18.1 Å². The quantitative estimate of drug-likeness (QED) is 0.147. The van der Waals surface area contributed by atoms with Crippen molar-refractivity contribution in [1.82, 2.24) is 5.32 Å². The van der Waals surface area contributed by atoms with E-state index in [1.54, 1.807) is 64.1 Å². The van der Waals surface area contributed by atoms with Crippen LogP contribution in [0.4, 0.5) is 21.0 Å². The zero-order valence-electron chi connectivity index (χ0n) is 27.0. The minimum absolute atomic E-state index is 0.139. The van der Waals surface area contributed by atoms with Crippen LogP contribution in [0.1, 0.15) is 46.1 Å². The number of rotatable bonds is 12. The van der Waals surface area contributed by atoms with Gasteiger partial charge in [0.05, 0.1) is 12.3 Å². The molecule has 4 aromatic rings. The molecule has 4 aromatic carbocycles. The van der Waals surface area contributed by atoms with Gasteiger partial charge in [0, 0.05) is 36.3 Å². The fourth-order valence-electron chi connectivity index (χ4n) is 4.64. The van der Waals surface area contributed by atoms with E-state index in [-0.39, 0.29) is 32.1 Å². The van der Waals surface area contributed by atoms with E-state index in [2.05, 4.69) is 10.6 Å². The predicted octanol–water partition coefficient (Wildman–Crippen LogP) is 9.21. The maximum atomic E-state index is 13.8. The first-order chi connectivity index (χ1) is 22.5. The van der Waals surface area contributed by atoms with Crippen LogP contribution in [0, 0.1) is 0 Å². The van der Waals surface area contributed by atoms with Gasteiger partial charge in [0.25, 0.3) is 0 Å². The van der Waals surface area contributed by atoms with Crippen LogP contribution in [-0.2, 0) is 20.8 Å². The molecule has 4 rings (SSSR count). The van der Waals surface area contributed by atoms with E-state index < -0.39 is 17.7 Å². The van der Waals surface area contributed by atoms with Gasteiger partial charge in [0.1, 0.15) is 11.4 Å². The third-order valence-corrected chi connectivity index (χ3v) is 6.97. The third kappa shape index (κ3) is 11.1. The first-order valence-electron chi connectivity index (χ1n) is 15.4. The second-order valence-electron chi connectivity index (χ2n) is 11.7. The van der Waals surface area contributed by atoms with Gasteiger partial charge in [0.15, 0.2) is 5.75 Å². The first kappa shape index (κ1) is 34.8. The van der Waals surface area contributed by atoms with E-state index in [1.165, 1.54) is 4.90 Å². The van der Waals surface area contributed by atoms with E-state index >= 15 is 0 Å². The SMILES string of the molecule is CCOC(=O)CCCN(C(=O)Nc1ccc(-c2ccccc2)cc1)c1ccc(Cl)cc1Oc1cccc(CNC(=O)OC(C)(C)C)c1. The second kappa shape index (κ2) is 16.5. The number of hydrogen-bond acceptors (Lipinski definition) is 6. The van der Waals surface area contributed by atoms with Crippen LogP contribution in [0.15, 0.2) is 97.1 Å². The van der Waals surface area contributed by atoms with Gasteiger partial charge in [0.2, 0.25) is 0 Å². The summed E-state index contributed by atoms with van der Waals surface area (Å²) in [6, 6.07) is 29.3. The minimum atomic E-state index is -0.613. The Balaban J connectivity index is 1.55. The molecule has 0 atom stereocenters. The molecule has 2 N–H and O–H groups in total. The molecule has 47 heavy (non-hydrogen) atoms. The van der Waals surface area contributed by atoms with Crippen LogP contribution in [0.25, 0.3) is 11.1 Å². The lowest BCUT2D eigenvalue weighted by Gasteiger charge is -2.25. The number of amides is 3. The lowest BCUT2D eigenvalue weighted by molar-refractivity contribution is -0.143. The number of halogens is 1. The number of anilines is 2. The van der Waals surface area contributed by atoms with Gasteiger partial charge in [-0.25, -0.2) is 9.59 Å². The van der Waals surface area contributed by atoms with Crippen LogP contribution >= 0.6 is 11.6 Å². The number of esters is 1. The van der Waals surface area contributed by atoms with E-state index in [4.69, 9.17) is 25.8 Å². The Morgan fingerprint density at radius 2 is 1.57 bits per heavy atom. The Morgan fingerprint density at radius 3 is 2.28 bits per heavy atom. The molecule has 246 valence electrons. The highest BCUT2D eigenvalue weighted by Gasteiger charge is 2.22. The lowest BCUT2D eigenvalue weighted by Crippen LogP contribution is -2.36. The third-order valence-electron chi connectivity index (χ3n) is 6.73. The fraction of sp³-hybridized carbons (Fsp3) is 0.270. The highest BCUT2D eigenvalue weighted by Crippen LogP contribution is 2.36. The van der Waals surface area contributed by atoms with Crippen molar-refractivity contribution < 1.29 is 28.6 Å². The summed E-state index contributed by atoms with van der Waals surface area (Å²) in [4.78, 5) is 39.6. The largest absolute Gasteiger partial charge is 0.466 e. The molecule has 0 fully saturated rings. The summed E-state index contributed by atoms with van der Waals surface area (Å²) in [5, 5.41) is 6.12. The number of carbonyl (C=O) groups excluding carboxylic acids is 3. The number of hydrogen-bond donors (Lipinski definition) is 2. The summed E-state index contributed by atoms with van der Waals surface area (Å²) in [7, 11) is 0. The fourth-order valence-corrected chi connectivity index (χ4v) is 4.80. The highest BCUT2D eigenvalue weighted by atomic mass is 35.5. The van der Waals surface area contributed by atoms with Crippen LogP contribution in [0.5, 0.6) is 11.5 Å². The number of alkyl carbamates (subject to hydrolysis) is 1. The molecule has 0 unspecified atom stereocenters. The van der Waals surface area contributed by atoms with Crippen LogP contribution < -0.4 is 20.3 Å². The number of benzene rings is 4. The number of ether oxygens (including phenoxy) is 3. The molecule has 0 aliphatic heterocycles. The zero-order valence-corrected chi connectivity index (χ0v) is 27.8. The molecule has 0 aliphatic rings. The standard InChI is InChI=1S/C37H40ClN3O6/c1-5-45-34(42)15-10-22-41(35(43)40-30-19-16-28(17-20-30)27-12-7-6-8-13-27)32-21-18-29(38)24-33(32)46-31-14-9-11-26(23-31)25-39-36(44)47-37(2,3)4/h6-9,11-14,16-21,23-24H,5,10,15,22,25H2,1-4H3,(H,39,44)(H,40,43). The van der Waals surface area contributed by atoms with Crippen molar-refractivity contribution in [3.63, 3.8) is 0 Å². The molecule has 0 bridgehead atoms. The van der Waals surface area contributed by atoms with Crippen LogP contribution in [-0.4, -0.2) is 36.8 Å². The molecule has 0 radical (unpaired) electrons. The summed E-state index contributed by atoms with van der Waals surface area (Å²) in [5.41, 5.74) is 3.31. The summed E-state index contributed by atoms with van der Waals surface area (Å²) in [6.07, 6.45) is -0.0347. The average Bonchev–Trinajstić information content (AvgIpc) is 3.03. The monoisotopic (exact) mass is 657 g/mol. The number of carbonyl (C=O) groups is 3. The Hall–Kier alpha value is -5.02. The van der Waals surface area contributed by atoms with Crippen molar-refractivity contribution >= 4 is 41.1 Å². The number of nitrogens with one attached hydrogen (secondary N) is 2. The summed E-state index contributed by atoms with van der Waals surface area (Å²) < 4.78 is 16.7. The molecule has 0 aromatic heterocycles. The minimum Gasteiger partial charge on any atom is -0.466 e. The van der Waals surface area contributed by atoms with Crippen molar-refractivity contribution in [2.75, 3.05) is 23.4 Å².